The highest BCUT2D eigenvalue weighted by Gasteiger charge is 2.13. The highest BCUT2D eigenvalue weighted by atomic mass is 32.2. The molecule has 6 nitrogen and oxygen atoms in total. The van der Waals surface area contributed by atoms with Crippen molar-refractivity contribution in [2.75, 3.05) is 13.2 Å². The fourth-order valence-corrected chi connectivity index (χ4v) is 2.98. The van der Waals surface area contributed by atoms with E-state index in [1.54, 1.807) is 6.08 Å². The van der Waals surface area contributed by atoms with Crippen LogP contribution in [0.15, 0.2) is 72.1 Å². The van der Waals surface area contributed by atoms with E-state index in [-0.39, 0.29) is 24.0 Å². The molecule has 0 aromatic heterocycles. The molecule has 0 bridgehead atoms. The fraction of sp³-hybridized carbons (Fsp3) is 0.167. The summed E-state index contributed by atoms with van der Waals surface area (Å²) in [6, 6.07) is 15.1. The van der Waals surface area contributed by atoms with Gasteiger partial charge in [0.1, 0.15) is 5.75 Å². The molecule has 1 amide bonds. The van der Waals surface area contributed by atoms with Gasteiger partial charge < -0.3 is 10.1 Å². The number of nitrogens with one attached hydrogen (secondary N) is 2. The Labute approximate surface area is 147 Å². The van der Waals surface area contributed by atoms with E-state index in [0.717, 1.165) is 5.56 Å². The zero-order valence-corrected chi connectivity index (χ0v) is 14.5. The van der Waals surface area contributed by atoms with Gasteiger partial charge in [0.2, 0.25) is 10.0 Å². The molecule has 0 heterocycles. The van der Waals surface area contributed by atoms with E-state index in [1.807, 2.05) is 30.3 Å². The van der Waals surface area contributed by atoms with Crippen molar-refractivity contribution in [2.24, 2.45) is 0 Å². The molecule has 132 valence electrons. The standard InChI is InChI=1S/C18H20N2O4S/c1-2-12-19-18(21)14-24-16-8-10-17(11-9-16)25(22,23)20-13-15-6-4-3-5-7-15/h2-11,20H,1,12-14H2,(H,19,21). The Morgan fingerprint density at radius 1 is 1.08 bits per heavy atom. The Bertz CT molecular complexity index is 803. The van der Waals surface area contributed by atoms with Crippen molar-refractivity contribution in [3.63, 3.8) is 0 Å². The van der Waals surface area contributed by atoms with Gasteiger partial charge in [0.05, 0.1) is 4.90 Å². The molecule has 0 spiro atoms. The molecule has 0 atom stereocenters. The van der Waals surface area contributed by atoms with Crippen LogP contribution in [-0.4, -0.2) is 27.5 Å². The molecule has 0 saturated heterocycles. The Balaban J connectivity index is 1.91. The lowest BCUT2D eigenvalue weighted by Gasteiger charge is -2.09. The summed E-state index contributed by atoms with van der Waals surface area (Å²) >= 11 is 0. The second-order valence-corrected chi connectivity index (χ2v) is 6.93. The summed E-state index contributed by atoms with van der Waals surface area (Å²) in [5, 5.41) is 2.58. The third kappa shape index (κ3) is 6.06. The maximum Gasteiger partial charge on any atom is 0.258 e. The molecule has 2 rings (SSSR count). The lowest BCUT2D eigenvalue weighted by molar-refractivity contribution is -0.122. The topological polar surface area (TPSA) is 84.5 Å². The second kappa shape index (κ2) is 9.00. The van der Waals surface area contributed by atoms with E-state index in [1.165, 1.54) is 24.3 Å². The van der Waals surface area contributed by atoms with Crippen LogP contribution < -0.4 is 14.8 Å². The van der Waals surface area contributed by atoms with E-state index in [9.17, 15) is 13.2 Å². The molecule has 0 unspecified atom stereocenters. The van der Waals surface area contributed by atoms with Crippen LogP contribution in [0.2, 0.25) is 0 Å². The van der Waals surface area contributed by atoms with Gasteiger partial charge in [0, 0.05) is 13.1 Å². The van der Waals surface area contributed by atoms with Crippen molar-refractivity contribution in [2.45, 2.75) is 11.4 Å². The van der Waals surface area contributed by atoms with E-state index >= 15 is 0 Å². The molecular formula is C18H20N2O4S. The molecule has 2 aromatic carbocycles. The lowest BCUT2D eigenvalue weighted by atomic mass is 10.2. The number of benzene rings is 2. The second-order valence-electron chi connectivity index (χ2n) is 5.16. The molecule has 0 aliphatic rings. The van der Waals surface area contributed by atoms with Crippen LogP contribution in [0.25, 0.3) is 0 Å². The van der Waals surface area contributed by atoms with Crippen molar-refractivity contribution in [3.05, 3.63) is 72.8 Å². The molecule has 0 aliphatic heterocycles. The average molecular weight is 360 g/mol. The van der Waals surface area contributed by atoms with E-state index in [4.69, 9.17) is 4.74 Å². The maximum absolute atomic E-state index is 12.3. The van der Waals surface area contributed by atoms with Gasteiger partial charge in [0.25, 0.3) is 5.91 Å². The van der Waals surface area contributed by atoms with Gasteiger partial charge >= 0.3 is 0 Å². The van der Waals surface area contributed by atoms with Gasteiger partial charge in [-0.05, 0) is 29.8 Å². The first kappa shape index (κ1) is 18.7. The monoisotopic (exact) mass is 360 g/mol. The fourth-order valence-electron chi connectivity index (χ4n) is 1.96. The van der Waals surface area contributed by atoms with Gasteiger partial charge in [-0.1, -0.05) is 36.4 Å². The summed E-state index contributed by atoms with van der Waals surface area (Å²) in [5.41, 5.74) is 0.872. The predicted molar refractivity (Wildman–Crippen MR) is 95.6 cm³/mol. The average Bonchev–Trinajstić information content (AvgIpc) is 2.64. The van der Waals surface area contributed by atoms with E-state index < -0.39 is 10.0 Å². The van der Waals surface area contributed by atoms with Crippen LogP contribution in [0.1, 0.15) is 5.56 Å². The Hall–Kier alpha value is -2.64. The number of carbonyl (C=O) groups excluding carboxylic acids is 1. The molecule has 0 saturated carbocycles. The molecule has 2 N–H and O–H groups in total. The van der Waals surface area contributed by atoms with Gasteiger partial charge in [0.15, 0.2) is 6.61 Å². The van der Waals surface area contributed by atoms with Crippen molar-refractivity contribution < 1.29 is 17.9 Å². The highest BCUT2D eigenvalue weighted by molar-refractivity contribution is 7.89. The Morgan fingerprint density at radius 3 is 2.40 bits per heavy atom. The number of rotatable bonds is 9. The summed E-state index contributed by atoms with van der Waals surface area (Å²) in [6.07, 6.45) is 1.57. The number of carbonyl (C=O) groups is 1. The van der Waals surface area contributed by atoms with Crippen molar-refractivity contribution in [3.8, 4) is 5.75 Å². The van der Waals surface area contributed by atoms with Crippen LogP contribution >= 0.6 is 0 Å². The number of sulfonamides is 1. The zero-order valence-electron chi connectivity index (χ0n) is 13.6. The maximum atomic E-state index is 12.3. The SMILES string of the molecule is C=CCNC(=O)COc1ccc(S(=O)(=O)NCc2ccccc2)cc1. The highest BCUT2D eigenvalue weighted by Crippen LogP contribution is 2.16. The first-order chi connectivity index (χ1) is 12.0. The summed E-state index contributed by atoms with van der Waals surface area (Å²) in [6.45, 7) is 3.93. The summed E-state index contributed by atoms with van der Waals surface area (Å²) in [4.78, 5) is 11.6. The first-order valence-electron chi connectivity index (χ1n) is 7.65. The molecule has 0 aliphatic carbocycles. The van der Waals surface area contributed by atoms with Gasteiger partial charge in [-0.3, -0.25) is 4.79 Å². The summed E-state index contributed by atoms with van der Waals surface area (Å²) in [5.74, 6) is 0.136. The molecule has 0 radical (unpaired) electrons. The van der Waals surface area contributed by atoms with Crippen molar-refractivity contribution >= 4 is 15.9 Å². The van der Waals surface area contributed by atoms with Gasteiger partial charge in [-0.2, -0.15) is 0 Å². The normalized spacial score (nSPS) is 10.9. The number of amides is 1. The third-order valence-electron chi connectivity index (χ3n) is 3.26. The minimum atomic E-state index is -3.61. The van der Waals surface area contributed by atoms with Crippen LogP contribution in [0, 0.1) is 0 Å². The van der Waals surface area contributed by atoms with Crippen LogP contribution in [-0.2, 0) is 21.4 Å². The van der Waals surface area contributed by atoms with Crippen molar-refractivity contribution in [1.29, 1.82) is 0 Å². The molecular weight excluding hydrogens is 340 g/mol. The van der Waals surface area contributed by atoms with Gasteiger partial charge in [-0.25, -0.2) is 13.1 Å². The Morgan fingerprint density at radius 2 is 1.76 bits per heavy atom. The van der Waals surface area contributed by atoms with Crippen LogP contribution in [0.3, 0.4) is 0 Å². The van der Waals surface area contributed by atoms with Crippen LogP contribution in [0.5, 0.6) is 5.75 Å². The smallest absolute Gasteiger partial charge is 0.258 e. The number of hydrogen-bond acceptors (Lipinski definition) is 4. The number of hydrogen-bond donors (Lipinski definition) is 2. The minimum absolute atomic E-state index is 0.131. The van der Waals surface area contributed by atoms with Crippen molar-refractivity contribution in [1.82, 2.24) is 10.0 Å². The third-order valence-corrected chi connectivity index (χ3v) is 4.67. The Kier molecular flexibility index (Phi) is 6.73. The minimum Gasteiger partial charge on any atom is -0.484 e. The number of ether oxygens (including phenoxy) is 1. The molecule has 25 heavy (non-hydrogen) atoms. The van der Waals surface area contributed by atoms with E-state index in [0.29, 0.717) is 12.3 Å². The lowest BCUT2D eigenvalue weighted by Crippen LogP contribution is -2.28. The summed E-state index contributed by atoms with van der Waals surface area (Å²) in [7, 11) is -3.61. The predicted octanol–water partition coefficient (Wildman–Crippen LogP) is 1.85. The first-order valence-corrected chi connectivity index (χ1v) is 9.13. The summed E-state index contributed by atoms with van der Waals surface area (Å²) < 4.78 is 32.4. The zero-order chi connectivity index (χ0) is 18.1. The largest absolute Gasteiger partial charge is 0.484 e. The van der Waals surface area contributed by atoms with Gasteiger partial charge in [-0.15, -0.1) is 6.58 Å². The molecule has 2 aromatic rings. The molecule has 7 heteroatoms. The van der Waals surface area contributed by atoms with Crippen LogP contribution in [0.4, 0.5) is 0 Å². The molecule has 0 fully saturated rings. The van der Waals surface area contributed by atoms with E-state index in [2.05, 4.69) is 16.6 Å². The quantitative estimate of drug-likeness (QED) is 0.669.